The lowest BCUT2D eigenvalue weighted by Crippen LogP contribution is -2.47. The van der Waals surface area contributed by atoms with Crippen LogP contribution in [0.25, 0.3) is 0 Å². The Hall–Kier alpha value is -3.44. The van der Waals surface area contributed by atoms with Gasteiger partial charge in [-0.15, -0.1) is 0 Å². The van der Waals surface area contributed by atoms with Crippen LogP contribution in [0.1, 0.15) is 75.2 Å². The largest absolute Gasteiger partial charge is 0.481 e. The Morgan fingerprint density at radius 2 is 1.60 bits per heavy atom. The molecule has 0 bridgehead atoms. The van der Waals surface area contributed by atoms with E-state index in [1.807, 2.05) is 19.9 Å². The molecule has 0 heterocycles. The van der Waals surface area contributed by atoms with Crippen LogP contribution in [0.15, 0.2) is 54.6 Å². The van der Waals surface area contributed by atoms with Crippen molar-refractivity contribution < 1.29 is 33.0 Å². The quantitative estimate of drug-likeness (QED) is 0.251. The Balaban J connectivity index is 1.63. The predicted molar refractivity (Wildman–Crippen MR) is 166 cm³/mol. The van der Waals surface area contributed by atoms with Gasteiger partial charge in [0.15, 0.2) is 0 Å². The molecule has 0 saturated heterocycles. The van der Waals surface area contributed by atoms with Crippen LogP contribution in [0.5, 0.6) is 0 Å². The lowest BCUT2D eigenvalue weighted by atomic mass is 9.85. The molecule has 2 aromatic carbocycles. The van der Waals surface area contributed by atoms with Crippen LogP contribution >= 0.6 is 0 Å². The second kappa shape index (κ2) is 15.3. The first kappa shape index (κ1) is 34.1. The van der Waals surface area contributed by atoms with E-state index < -0.39 is 40.0 Å². The van der Waals surface area contributed by atoms with Crippen LogP contribution in [-0.2, 0) is 25.4 Å². The number of nitrogens with zero attached hydrogens (tertiary/aromatic N) is 1. The molecule has 0 radical (unpaired) electrons. The summed E-state index contributed by atoms with van der Waals surface area (Å²) in [4.78, 5) is 37.4. The van der Waals surface area contributed by atoms with Gasteiger partial charge >= 0.3 is 5.97 Å². The number of benzene rings is 2. The number of hydrogen-bond acceptors (Lipinski definition) is 6. The molecule has 1 aliphatic carbocycles. The van der Waals surface area contributed by atoms with Crippen molar-refractivity contribution in [3.63, 3.8) is 0 Å². The van der Waals surface area contributed by atoms with Gasteiger partial charge in [0.25, 0.3) is 5.91 Å². The lowest BCUT2D eigenvalue weighted by molar-refractivity contribution is -0.142. The number of aliphatic carboxylic acids is 1. The van der Waals surface area contributed by atoms with Crippen LogP contribution in [0.2, 0.25) is 0 Å². The molecule has 1 saturated carbocycles. The molecule has 0 aromatic heterocycles. The third-order valence-electron chi connectivity index (χ3n) is 8.05. The number of anilines is 1. The van der Waals surface area contributed by atoms with Crippen molar-refractivity contribution in [3.8, 4) is 0 Å². The highest BCUT2D eigenvalue weighted by molar-refractivity contribution is 7.92. The molecule has 43 heavy (non-hydrogen) atoms. The minimum atomic E-state index is -3.70. The van der Waals surface area contributed by atoms with Crippen molar-refractivity contribution in [2.45, 2.75) is 83.2 Å². The summed E-state index contributed by atoms with van der Waals surface area (Å²) in [5, 5.41) is 26.2. The first-order valence-electron chi connectivity index (χ1n) is 14.9. The van der Waals surface area contributed by atoms with Gasteiger partial charge in [0.1, 0.15) is 0 Å². The monoisotopic (exact) mass is 615 g/mol. The Morgan fingerprint density at radius 1 is 0.953 bits per heavy atom. The van der Waals surface area contributed by atoms with Crippen molar-refractivity contribution >= 4 is 33.5 Å². The van der Waals surface area contributed by atoms with Crippen molar-refractivity contribution in [1.82, 2.24) is 10.6 Å². The van der Waals surface area contributed by atoms with Crippen molar-refractivity contribution in [1.29, 1.82) is 0 Å². The average Bonchev–Trinajstić information content (AvgIpc) is 2.96. The Bertz CT molecular complexity index is 1340. The molecule has 11 heteroatoms. The molecule has 2 unspecified atom stereocenters. The maximum absolute atomic E-state index is 13.3. The second-order valence-corrected chi connectivity index (χ2v) is 14.1. The summed E-state index contributed by atoms with van der Waals surface area (Å²) in [6.45, 7) is 5.68. The van der Waals surface area contributed by atoms with E-state index in [0.717, 1.165) is 4.31 Å². The van der Waals surface area contributed by atoms with Crippen molar-refractivity contribution in [3.05, 3.63) is 65.7 Å². The van der Waals surface area contributed by atoms with Crippen LogP contribution in [0.4, 0.5) is 5.69 Å². The van der Waals surface area contributed by atoms with Gasteiger partial charge in [0.05, 0.1) is 29.5 Å². The van der Waals surface area contributed by atoms with Gasteiger partial charge in [-0.25, -0.2) is 8.42 Å². The standard InChI is InChI=1S/C32H45N3O7S/c1-21(2)17-28(29(36)18-22(3)30(37)33-26-15-13-24(14-16-26)32(39)40)34-31(38)25-11-8-12-27(19-25)35(4)43(41,42)20-23-9-6-5-7-10-23/h5-12,19,21-22,24,26,28-29,36H,13-18,20H2,1-4H3,(H,33,37)(H,34,38)(H,39,40)/t22?,24?,26?,28-,29?/m0/s1. The number of aliphatic hydroxyl groups is 1. The molecule has 4 N–H and O–H groups in total. The molecule has 3 atom stereocenters. The van der Waals surface area contributed by atoms with Crippen LogP contribution in [-0.4, -0.2) is 61.6 Å². The summed E-state index contributed by atoms with van der Waals surface area (Å²) >= 11 is 0. The second-order valence-electron chi connectivity index (χ2n) is 12.1. The number of hydrogen-bond donors (Lipinski definition) is 4. The number of aliphatic hydroxyl groups excluding tert-OH is 1. The molecule has 2 aromatic rings. The SMILES string of the molecule is CC(C)C[C@H](NC(=O)c1cccc(N(C)S(=O)(=O)Cc2ccccc2)c1)C(O)CC(C)C(=O)NC1CCC(C(=O)O)CC1. The predicted octanol–water partition coefficient (Wildman–Crippen LogP) is 3.94. The summed E-state index contributed by atoms with van der Waals surface area (Å²) in [6.07, 6.45) is 1.87. The molecule has 2 amide bonds. The van der Waals surface area contributed by atoms with Gasteiger partial charge in [-0.3, -0.25) is 18.7 Å². The third kappa shape index (κ3) is 10.1. The smallest absolute Gasteiger partial charge is 0.306 e. The number of carboxylic acids is 1. The zero-order chi connectivity index (χ0) is 31.7. The van der Waals surface area contributed by atoms with Gasteiger partial charge < -0.3 is 20.8 Å². The van der Waals surface area contributed by atoms with E-state index in [4.69, 9.17) is 0 Å². The Labute approximate surface area is 254 Å². The summed E-state index contributed by atoms with van der Waals surface area (Å²) in [5.41, 5.74) is 1.25. The summed E-state index contributed by atoms with van der Waals surface area (Å²) < 4.78 is 27.2. The minimum Gasteiger partial charge on any atom is -0.481 e. The maximum atomic E-state index is 13.3. The Morgan fingerprint density at radius 3 is 2.21 bits per heavy atom. The molecule has 1 fully saturated rings. The lowest BCUT2D eigenvalue weighted by Gasteiger charge is -2.30. The fraction of sp³-hybridized carbons (Fsp3) is 0.531. The van der Waals surface area contributed by atoms with Gasteiger partial charge in [-0.05, 0) is 68.2 Å². The van der Waals surface area contributed by atoms with E-state index in [1.54, 1.807) is 49.4 Å². The van der Waals surface area contributed by atoms with E-state index in [9.17, 15) is 33.0 Å². The molecule has 0 spiro atoms. The summed E-state index contributed by atoms with van der Waals surface area (Å²) in [6, 6.07) is 14.5. The number of nitrogens with one attached hydrogen (secondary N) is 2. The maximum Gasteiger partial charge on any atom is 0.306 e. The van der Waals surface area contributed by atoms with Crippen molar-refractivity contribution in [2.24, 2.45) is 17.8 Å². The topological polar surface area (TPSA) is 153 Å². The van der Waals surface area contributed by atoms with E-state index in [1.165, 1.54) is 13.1 Å². The minimum absolute atomic E-state index is 0.0872. The average molecular weight is 616 g/mol. The van der Waals surface area contributed by atoms with Gasteiger partial charge in [0.2, 0.25) is 15.9 Å². The molecule has 10 nitrogen and oxygen atoms in total. The van der Waals surface area contributed by atoms with Gasteiger partial charge in [0, 0.05) is 24.6 Å². The van der Waals surface area contributed by atoms with E-state index in [0.29, 0.717) is 43.4 Å². The number of amides is 2. The number of carboxylic acid groups (broad SMARTS) is 1. The zero-order valence-corrected chi connectivity index (χ0v) is 26.2. The number of rotatable bonds is 14. The van der Waals surface area contributed by atoms with Gasteiger partial charge in [-0.2, -0.15) is 0 Å². The molecule has 236 valence electrons. The highest BCUT2D eigenvalue weighted by Crippen LogP contribution is 2.25. The number of carbonyl (C=O) groups is 3. The first-order chi connectivity index (χ1) is 20.3. The fourth-order valence-electron chi connectivity index (χ4n) is 5.42. The Kier molecular flexibility index (Phi) is 12.1. The van der Waals surface area contributed by atoms with E-state index in [-0.39, 0.29) is 41.5 Å². The van der Waals surface area contributed by atoms with Crippen LogP contribution < -0.4 is 14.9 Å². The van der Waals surface area contributed by atoms with Crippen molar-refractivity contribution in [2.75, 3.05) is 11.4 Å². The van der Waals surface area contributed by atoms with Crippen LogP contribution in [0.3, 0.4) is 0 Å². The van der Waals surface area contributed by atoms with Crippen LogP contribution in [0, 0.1) is 17.8 Å². The molecular formula is C32H45N3O7S. The fourth-order valence-corrected chi connectivity index (χ4v) is 6.66. The molecule has 1 aliphatic rings. The van der Waals surface area contributed by atoms with Gasteiger partial charge in [-0.1, -0.05) is 57.2 Å². The highest BCUT2D eigenvalue weighted by atomic mass is 32.2. The summed E-state index contributed by atoms with van der Waals surface area (Å²) in [5.74, 6) is -2.38. The van der Waals surface area contributed by atoms with E-state index >= 15 is 0 Å². The zero-order valence-electron chi connectivity index (χ0n) is 25.4. The number of carbonyl (C=O) groups excluding carboxylic acids is 2. The normalized spacial score (nSPS) is 19.2. The van der Waals surface area contributed by atoms with E-state index in [2.05, 4.69) is 10.6 Å². The first-order valence-corrected chi connectivity index (χ1v) is 16.5. The number of sulfonamides is 1. The molecule has 3 rings (SSSR count). The third-order valence-corrected chi connectivity index (χ3v) is 9.80. The molecular weight excluding hydrogens is 570 g/mol. The summed E-state index contributed by atoms with van der Waals surface area (Å²) in [7, 11) is -2.25. The highest BCUT2D eigenvalue weighted by Gasteiger charge is 2.30. The molecule has 0 aliphatic heterocycles.